The van der Waals surface area contributed by atoms with Crippen molar-refractivity contribution >= 4 is 17.5 Å². The highest BCUT2D eigenvalue weighted by atomic mass is 19.4. The lowest BCUT2D eigenvalue weighted by Crippen LogP contribution is -2.38. The zero-order chi connectivity index (χ0) is 23.6. The number of aliphatic imine (C=N–C) groups is 1. The highest BCUT2D eigenvalue weighted by Gasteiger charge is 2.44. The molecule has 0 saturated carbocycles. The van der Waals surface area contributed by atoms with Crippen LogP contribution in [-0.4, -0.2) is 35.2 Å². The second-order valence-electron chi connectivity index (χ2n) is 7.69. The van der Waals surface area contributed by atoms with E-state index >= 15 is 0 Å². The lowest BCUT2D eigenvalue weighted by atomic mass is 9.85. The second kappa shape index (κ2) is 9.19. The predicted molar refractivity (Wildman–Crippen MR) is 115 cm³/mol. The molecule has 3 atom stereocenters. The number of aromatic nitrogens is 2. The maximum Gasteiger partial charge on any atom is 0.416 e. The second-order valence-corrected chi connectivity index (χ2v) is 7.69. The molecule has 0 amide bonds. The van der Waals surface area contributed by atoms with Crippen molar-refractivity contribution in [2.24, 2.45) is 10.9 Å². The predicted octanol–water partition coefficient (Wildman–Crippen LogP) is 5.14. The molecular weight excluding hydrogens is 435 g/mol. The first kappa shape index (κ1) is 22.7. The molecule has 3 unspecified atom stereocenters. The van der Waals surface area contributed by atoms with Crippen molar-refractivity contribution in [3.63, 3.8) is 0 Å². The molecule has 4 rings (SSSR count). The third-order valence-corrected chi connectivity index (χ3v) is 5.56. The van der Waals surface area contributed by atoms with Crippen LogP contribution in [0.5, 0.6) is 0 Å². The molecule has 2 aromatic carbocycles. The number of hydrogen-bond donors (Lipinski definition) is 0. The average Bonchev–Trinajstić information content (AvgIpc) is 3.26. The minimum atomic E-state index is -4.61. The van der Waals surface area contributed by atoms with Gasteiger partial charge in [-0.05, 0) is 24.1 Å². The minimum absolute atomic E-state index is 0.0749. The molecule has 0 N–H and O–H groups in total. The number of esters is 1. The van der Waals surface area contributed by atoms with E-state index in [1.165, 1.54) is 36.2 Å². The highest BCUT2D eigenvalue weighted by Crippen LogP contribution is 2.42. The Morgan fingerprint density at radius 1 is 1.09 bits per heavy atom. The molecule has 0 radical (unpaired) electrons. The van der Waals surface area contributed by atoms with Gasteiger partial charge in [0.25, 0.3) is 0 Å². The van der Waals surface area contributed by atoms with Crippen molar-refractivity contribution in [2.45, 2.75) is 25.2 Å². The molecule has 6 nitrogen and oxygen atoms in total. The third-order valence-electron chi connectivity index (χ3n) is 5.56. The largest absolute Gasteiger partial charge is 0.454 e. The van der Waals surface area contributed by atoms with Crippen LogP contribution in [0, 0.1) is 5.92 Å². The van der Waals surface area contributed by atoms with E-state index in [0.717, 1.165) is 6.07 Å². The third kappa shape index (κ3) is 4.54. The normalized spacial score (nSPS) is 18.9. The molecule has 0 spiro atoms. The fraction of sp³-hybridized carbons (Fsp3) is 0.292. The standard InChI is InChI=1S/C24H22F3N3O3/c1-15-21(23(31)33-19(14-32-2)16-8-4-3-5-9-16)22(30-20(29-15)12-13-28-30)17-10-6-7-11-18(17)24(25,26)27/h3-13,19,21-22H,14H2,1-2H3. The van der Waals surface area contributed by atoms with Crippen LogP contribution in [0.1, 0.15) is 35.8 Å². The molecule has 9 heteroatoms. The number of nitrogens with zero attached hydrogens (tertiary/aromatic N) is 3. The van der Waals surface area contributed by atoms with Crippen LogP contribution in [0.3, 0.4) is 0 Å². The van der Waals surface area contributed by atoms with Crippen molar-refractivity contribution in [2.75, 3.05) is 13.7 Å². The SMILES string of the molecule is COCC(OC(=O)C1C(C)=Nc2ccnn2C1c1ccccc1C(F)(F)F)c1ccccc1. The van der Waals surface area contributed by atoms with Crippen molar-refractivity contribution < 1.29 is 27.4 Å². The summed E-state index contributed by atoms with van der Waals surface area (Å²) in [4.78, 5) is 17.9. The van der Waals surface area contributed by atoms with Gasteiger partial charge < -0.3 is 9.47 Å². The fourth-order valence-corrected chi connectivity index (χ4v) is 4.08. The summed E-state index contributed by atoms with van der Waals surface area (Å²) in [5, 5.41) is 4.19. The van der Waals surface area contributed by atoms with E-state index in [2.05, 4.69) is 10.1 Å². The summed E-state index contributed by atoms with van der Waals surface area (Å²) in [6.45, 7) is 1.70. The molecule has 33 heavy (non-hydrogen) atoms. The smallest absolute Gasteiger partial charge is 0.416 e. The molecular formula is C24H22F3N3O3. The summed E-state index contributed by atoms with van der Waals surface area (Å²) in [5.41, 5.74) is 0.152. The summed E-state index contributed by atoms with van der Waals surface area (Å²) in [6, 6.07) is 14.7. The van der Waals surface area contributed by atoms with Gasteiger partial charge in [-0.3, -0.25) is 4.79 Å². The number of fused-ring (bicyclic) bond motifs is 1. The van der Waals surface area contributed by atoms with E-state index in [-0.39, 0.29) is 12.2 Å². The first-order valence-corrected chi connectivity index (χ1v) is 10.3. The van der Waals surface area contributed by atoms with E-state index in [1.807, 2.05) is 6.07 Å². The summed E-state index contributed by atoms with van der Waals surface area (Å²) < 4.78 is 54.0. The van der Waals surface area contributed by atoms with E-state index < -0.39 is 35.8 Å². The highest BCUT2D eigenvalue weighted by molar-refractivity contribution is 6.03. The Morgan fingerprint density at radius 3 is 2.48 bits per heavy atom. The molecule has 0 bridgehead atoms. The van der Waals surface area contributed by atoms with Crippen LogP contribution in [0.25, 0.3) is 0 Å². The summed E-state index contributed by atoms with van der Waals surface area (Å²) in [6.07, 6.45) is -3.89. The number of benzene rings is 2. The van der Waals surface area contributed by atoms with Gasteiger partial charge in [0.2, 0.25) is 0 Å². The van der Waals surface area contributed by atoms with Gasteiger partial charge in [0, 0.05) is 18.9 Å². The van der Waals surface area contributed by atoms with E-state index in [0.29, 0.717) is 17.1 Å². The Labute approximate surface area is 188 Å². The van der Waals surface area contributed by atoms with Crippen LogP contribution < -0.4 is 0 Å². The van der Waals surface area contributed by atoms with Crippen molar-refractivity contribution in [1.29, 1.82) is 0 Å². The van der Waals surface area contributed by atoms with Gasteiger partial charge in [0.15, 0.2) is 11.9 Å². The Kier molecular flexibility index (Phi) is 6.33. The zero-order valence-electron chi connectivity index (χ0n) is 18.0. The van der Waals surface area contributed by atoms with Crippen molar-refractivity contribution in [3.05, 3.63) is 83.6 Å². The van der Waals surface area contributed by atoms with Crippen LogP contribution in [0.15, 0.2) is 71.9 Å². The quantitative estimate of drug-likeness (QED) is 0.481. The zero-order valence-corrected chi connectivity index (χ0v) is 18.0. The van der Waals surface area contributed by atoms with Crippen molar-refractivity contribution in [3.8, 4) is 0 Å². The molecule has 3 aromatic rings. The van der Waals surface area contributed by atoms with E-state index in [4.69, 9.17) is 9.47 Å². The van der Waals surface area contributed by atoms with Gasteiger partial charge in [-0.15, -0.1) is 0 Å². The van der Waals surface area contributed by atoms with Gasteiger partial charge >= 0.3 is 12.1 Å². The Hall–Kier alpha value is -3.46. The number of carbonyl (C=O) groups excluding carboxylic acids is 1. The molecule has 1 aromatic heterocycles. The van der Waals surface area contributed by atoms with Crippen LogP contribution in [-0.2, 0) is 20.4 Å². The van der Waals surface area contributed by atoms with Gasteiger partial charge in [-0.1, -0.05) is 48.5 Å². The number of methoxy groups -OCH3 is 1. The van der Waals surface area contributed by atoms with E-state index in [9.17, 15) is 18.0 Å². The lowest BCUT2D eigenvalue weighted by Gasteiger charge is -2.33. The summed E-state index contributed by atoms with van der Waals surface area (Å²) >= 11 is 0. The Bertz CT molecular complexity index is 1160. The van der Waals surface area contributed by atoms with Gasteiger partial charge in [0.05, 0.1) is 24.4 Å². The number of halogens is 3. The maximum absolute atomic E-state index is 13.9. The summed E-state index contributed by atoms with van der Waals surface area (Å²) in [5.74, 6) is -1.44. The fourth-order valence-electron chi connectivity index (χ4n) is 4.08. The number of rotatable bonds is 6. The number of carbonyl (C=O) groups is 1. The van der Waals surface area contributed by atoms with E-state index in [1.54, 1.807) is 37.3 Å². The molecule has 0 aliphatic carbocycles. The average molecular weight is 457 g/mol. The molecule has 0 fully saturated rings. The molecule has 172 valence electrons. The maximum atomic E-state index is 13.9. The molecule has 1 aliphatic heterocycles. The van der Waals surface area contributed by atoms with Gasteiger partial charge in [-0.25, -0.2) is 9.67 Å². The number of hydrogen-bond acceptors (Lipinski definition) is 5. The molecule has 0 saturated heterocycles. The molecule has 1 aliphatic rings. The van der Waals surface area contributed by atoms with Gasteiger partial charge in [-0.2, -0.15) is 18.3 Å². The topological polar surface area (TPSA) is 65.7 Å². The number of ether oxygens (including phenoxy) is 2. The lowest BCUT2D eigenvalue weighted by molar-refractivity contribution is -0.156. The first-order valence-electron chi connectivity index (χ1n) is 10.3. The summed E-state index contributed by atoms with van der Waals surface area (Å²) in [7, 11) is 1.48. The van der Waals surface area contributed by atoms with Crippen LogP contribution in [0.2, 0.25) is 0 Å². The number of alkyl halides is 3. The molecule has 2 heterocycles. The van der Waals surface area contributed by atoms with Crippen LogP contribution >= 0.6 is 0 Å². The minimum Gasteiger partial charge on any atom is -0.454 e. The Balaban J connectivity index is 1.77. The van der Waals surface area contributed by atoms with Crippen molar-refractivity contribution in [1.82, 2.24) is 9.78 Å². The Morgan fingerprint density at radius 2 is 1.79 bits per heavy atom. The van der Waals surface area contributed by atoms with Gasteiger partial charge in [0.1, 0.15) is 5.92 Å². The first-order chi connectivity index (χ1) is 15.8. The monoisotopic (exact) mass is 457 g/mol. The van der Waals surface area contributed by atoms with Crippen LogP contribution in [0.4, 0.5) is 19.0 Å².